The van der Waals surface area contributed by atoms with Gasteiger partial charge in [-0.1, -0.05) is 6.07 Å². The molecule has 136 valence electrons. The van der Waals surface area contributed by atoms with Crippen LogP contribution >= 0.6 is 0 Å². The molecule has 3 aromatic heterocycles. The normalized spacial score (nSPS) is 13.4. The van der Waals surface area contributed by atoms with Crippen LogP contribution in [-0.2, 0) is 7.05 Å². The van der Waals surface area contributed by atoms with E-state index in [1.807, 2.05) is 17.9 Å². The SMILES string of the molecule is Cn1ncc2cc(-c3cc(C4CC4)cc(Nc4cc(C#N)ccn4)n3)ccc21. The van der Waals surface area contributed by atoms with Crippen LogP contribution in [0.1, 0.15) is 29.9 Å². The lowest BCUT2D eigenvalue weighted by molar-refractivity contribution is 0.797. The van der Waals surface area contributed by atoms with E-state index < -0.39 is 0 Å². The summed E-state index contributed by atoms with van der Waals surface area (Å²) in [7, 11) is 1.94. The Morgan fingerprint density at radius 1 is 1.11 bits per heavy atom. The number of anilines is 2. The second-order valence-electron chi connectivity index (χ2n) is 7.15. The molecule has 0 atom stereocenters. The molecule has 0 unspecified atom stereocenters. The summed E-state index contributed by atoms with van der Waals surface area (Å²) in [4.78, 5) is 9.12. The van der Waals surface area contributed by atoms with Crippen LogP contribution in [0.25, 0.3) is 22.2 Å². The molecule has 28 heavy (non-hydrogen) atoms. The first-order valence-electron chi connectivity index (χ1n) is 9.27. The Bertz CT molecular complexity index is 1230. The lowest BCUT2D eigenvalue weighted by atomic mass is 10.0. The van der Waals surface area contributed by atoms with Crippen molar-refractivity contribution in [1.82, 2.24) is 19.7 Å². The molecule has 4 aromatic rings. The number of nitrogens with zero attached hydrogens (tertiary/aromatic N) is 5. The fraction of sp³-hybridized carbons (Fsp3) is 0.182. The van der Waals surface area contributed by atoms with Crippen LogP contribution in [-0.4, -0.2) is 19.7 Å². The molecule has 1 aliphatic rings. The number of pyridine rings is 2. The molecule has 0 radical (unpaired) electrons. The van der Waals surface area contributed by atoms with Gasteiger partial charge in [0.25, 0.3) is 0 Å². The van der Waals surface area contributed by atoms with Gasteiger partial charge in [0.05, 0.1) is 29.0 Å². The molecular weight excluding hydrogens is 348 g/mol. The van der Waals surface area contributed by atoms with Crippen LogP contribution in [0.2, 0.25) is 0 Å². The molecule has 1 aromatic carbocycles. The molecule has 1 aliphatic carbocycles. The third-order valence-corrected chi connectivity index (χ3v) is 5.08. The van der Waals surface area contributed by atoms with Gasteiger partial charge in [-0.2, -0.15) is 10.4 Å². The maximum Gasteiger partial charge on any atom is 0.132 e. The number of aryl methyl sites for hydroxylation is 1. The second-order valence-corrected chi connectivity index (χ2v) is 7.15. The highest BCUT2D eigenvalue weighted by Crippen LogP contribution is 2.42. The Balaban J connectivity index is 1.56. The van der Waals surface area contributed by atoms with Crippen molar-refractivity contribution in [3.8, 4) is 17.3 Å². The van der Waals surface area contributed by atoms with Crippen molar-refractivity contribution in [2.75, 3.05) is 5.32 Å². The van der Waals surface area contributed by atoms with Crippen molar-refractivity contribution in [2.45, 2.75) is 18.8 Å². The van der Waals surface area contributed by atoms with E-state index in [0.29, 0.717) is 17.3 Å². The van der Waals surface area contributed by atoms with Crippen LogP contribution in [0, 0.1) is 11.3 Å². The summed E-state index contributed by atoms with van der Waals surface area (Å²) in [5.74, 6) is 1.96. The molecule has 0 bridgehead atoms. The van der Waals surface area contributed by atoms with Gasteiger partial charge in [-0.15, -0.1) is 0 Å². The van der Waals surface area contributed by atoms with Gasteiger partial charge in [0.1, 0.15) is 11.6 Å². The van der Waals surface area contributed by atoms with E-state index in [2.05, 4.69) is 51.8 Å². The molecule has 1 N–H and O–H groups in total. The van der Waals surface area contributed by atoms with Crippen LogP contribution < -0.4 is 5.32 Å². The van der Waals surface area contributed by atoms with Crippen LogP contribution in [0.3, 0.4) is 0 Å². The number of hydrogen-bond acceptors (Lipinski definition) is 5. The van der Waals surface area contributed by atoms with Crippen LogP contribution in [0.15, 0.2) is 54.9 Å². The number of rotatable bonds is 4. The topological polar surface area (TPSA) is 79.4 Å². The lowest BCUT2D eigenvalue weighted by Gasteiger charge is -2.11. The predicted octanol–water partition coefficient (Wildman–Crippen LogP) is 4.52. The van der Waals surface area contributed by atoms with Crippen molar-refractivity contribution in [1.29, 1.82) is 5.26 Å². The van der Waals surface area contributed by atoms with E-state index in [1.54, 1.807) is 18.3 Å². The van der Waals surface area contributed by atoms with Gasteiger partial charge in [-0.25, -0.2) is 9.97 Å². The minimum absolute atomic E-state index is 0.568. The van der Waals surface area contributed by atoms with Gasteiger partial charge in [-0.05, 0) is 60.7 Å². The third kappa shape index (κ3) is 3.08. The molecule has 6 heteroatoms. The summed E-state index contributed by atoms with van der Waals surface area (Å²) < 4.78 is 1.87. The minimum Gasteiger partial charge on any atom is -0.325 e. The first-order valence-corrected chi connectivity index (χ1v) is 9.27. The minimum atomic E-state index is 0.568. The van der Waals surface area contributed by atoms with E-state index in [1.165, 1.54) is 18.4 Å². The monoisotopic (exact) mass is 366 g/mol. The van der Waals surface area contributed by atoms with Crippen molar-refractivity contribution in [2.24, 2.45) is 7.05 Å². The Labute approximate surface area is 162 Å². The number of benzene rings is 1. The average molecular weight is 366 g/mol. The fourth-order valence-electron chi connectivity index (χ4n) is 3.44. The quantitative estimate of drug-likeness (QED) is 0.574. The van der Waals surface area contributed by atoms with Gasteiger partial charge in [0.2, 0.25) is 0 Å². The van der Waals surface area contributed by atoms with Gasteiger partial charge >= 0.3 is 0 Å². The smallest absolute Gasteiger partial charge is 0.132 e. The summed E-state index contributed by atoms with van der Waals surface area (Å²) in [5, 5.41) is 17.8. The molecule has 3 heterocycles. The van der Waals surface area contributed by atoms with Crippen LogP contribution in [0.4, 0.5) is 11.6 Å². The summed E-state index contributed by atoms with van der Waals surface area (Å²) in [6, 6.07) is 16.1. The van der Waals surface area contributed by atoms with Crippen molar-refractivity contribution >= 4 is 22.5 Å². The summed E-state index contributed by atoms with van der Waals surface area (Å²) in [6.45, 7) is 0. The van der Waals surface area contributed by atoms with Gasteiger partial charge in [-0.3, -0.25) is 4.68 Å². The fourth-order valence-corrected chi connectivity index (χ4v) is 3.44. The lowest BCUT2D eigenvalue weighted by Crippen LogP contribution is -1.99. The first-order chi connectivity index (χ1) is 13.7. The first kappa shape index (κ1) is 16.5. The van der Waals surface area contributed by atoms with Crippen molar-refractivity contribution in [3.63, 3.8) is 0 Å². The molecule has 1 saturated carbocycles. The van der Waals surface area contributed by atoms with Crippen molar-refractivity contribution < 1.29 is 0 Å². The number of nitriles is 1. The molecule has 0 aliphatic heterocycles. The van der Waals surface area contributed by atoms with E-state index >= 15 is 0 Å². The summed E-state index contributed by atoms with van der Waals surface area (Å²) in [5.41, 5.74) is 4.94. The highest BCUT2D eigenvalue weighted by molar-refractivity contribution is 5.84. The molecular formula is C22H18N6. The Kier molecular flexibility index (Phi) is 3.80. The molecule has 0 saturated heterocycles. The maximum absolute atomic E-state index is 9.11. The number of hydrogen-bond donors (Lipinski definition) is 1. The molecule has 6 nitrogen and oxygen atoms in total. The Morgan fingerprint density at radius 3 is 2.82 bits per heavy atom. The zero-order chi connectivity index (χ0) is 19.1. The Morgan fingerprint density at radius 2 is 2.00 bits per heavy atom. The highest BCUT2D eigenvalue weighted by Gasteiger charge is 2.25. The maximum atomic E-state index is 9.11. The predicted molar refractivity (Wildman–Crippen MR) is 108 cm³/mol. The molecule has 0 amide bonds. The van der Waals surface area contributed by atoms with E-state index in [9.17, 15) is 0 Å². The number of fused-ring (bicyclic) bond motifs is 1. The Hall–Kier alpha value is -3.72. The zero-order valence-corrected chi connectivity index (χ0v) is 15.4. The zero-order valence-electron chi connectivity index (χ0n) is 15.4. The highest BCUT2D eigenvalue weighted by atomic mass is 15.2. The van der Waals surface area contributed by atoms with Crippen LogP contribution in [0.5, 0.6) is 0 Å². The van der Waals surface area contributed by atoms with E-state index in [0.717, 1.165) is 28.0 Å². The summed E-state index contributed by atoms with van der Waals surface area (Å²) in [6.07, 6.45) is 5.93. The van der Waals surface area contributed by atoms with Gasteiger partial charge in [0, 0.05) is 24.2 Å². The average Bonchev–Trinajstić information content (AvgIpc) is 3.51. The number of nitrogens with one attached hydrogen (secondary N) is 1. The van der Waals surface area contributed by atoms with Crippen molar-refractivity contribution in [3.05, 3.63) is 66.0 Å². The molecule has 0 spiro atoms. The third-order valence-electron chi connectivity index (χ3n) is 5.08. The van der Waals surface area contributed by atoms with Gasteiger partial charge < -0.3 is 5.32 Å². The second kappa shape index (κ2) is 6.46. The van der Waals surface area contributed by atoms with Gasteiger partial charge in [0.15, 0.2) is 0 Å². The standard InChI is InChI=1S/C22H18N6/c1-28-20-5-4-16(9-18(20)13-25-28)19-10-17(15-2-3-15)11-22(26-19)27-21-8-14(12-23)6-7-24-21/h4-11,13,15H,2-3H2,1H3,(H,24,26,27). The van der Waals surface area contributed by atoms with E-state index in [-0.39, 0.29) is 0 Å². The molecule has 1 fully saturated rings. The molecule has 5 rings (SSSR count). The largest absolute Gasteiger partial charge is 0.325 e. The number of aromatic nitrogens is 4. The summed E-state index contributed by atoms with van der Waals surface area (Å²) >= 11 is 0. The van der Waals surface area contributed by atoms with E-state index in [4.69, 9.17) is 10.2 Å².